The number of amides is 1. The van der Waals surface area contributed by atoms with E-state index in [2.05, 4.69) is 5.32 Å². The second kappa shape index (κ2) is 8.93. The number of nitrogens with two attached hydrogens (primary N) is 1. The van der Waals surface area contributed by atoms with E-state index >= 15 is 0 Å². The quantitative estimate of drug-likeness (QED) is 0.812. The van der Waals surface area contributed by atoms with E-state index in [1.165, 1.54) is 12.1 Å². The molecule has 0 saturated carbocycles. The number of fused-ring (bicyclic) bond motifs is 1. The van der Waals surface area contributed by atoms with Gasteiger partial charge in [0.05, 0.1) is 5.56 Å². The van der Waals surface area contributed by atoms with E-state index in [-0.39, 0.29) is 11.5 Å². The molecule has 2 aliphatic heterocycles. The van der Waals surface area contributed by atoms with Crippen molar-refractivity contribution < 1.29 is 13.9 Å². The molecule has 29 heavy (non-hydrogen) atoms. The molecule has 2 heterocycles. The number of hydrogen-bond donors (Lipinski definition) is 2. The number of rotatable bonds is 5. The molecular weight excluding hydrogens is 369 g/mol. The molecule has 2 aromatic carbocycles. The zero-order chi connectivity index (χ0) is 20.2. The van der Waals surface area contributed by atoms with Crippen molar-refractivity contribution in [2.24, 2.45) is 11.7 Å². The topological polar surface area (TPSA) is 67.6 Å². The molecular formula is C23H28FN3O2. The lowest BCUT2D eigenvalue weighted by Gasteiger charge is -2.41. The highest BCUT2D eigenvalue weighted by Gasteiger charge is 2.33. The van der Waals surface area contributed by atoms with Crippen LogP contribution in [0.25, 0.3) is 0 Å². The van der Waals surface area contributed by atoms with Crippen LogP contribution >= 0.6 is 0 Å². The predicted octanol–water partition coefficient (Wildman–Crippen LogP) is 3.33. The van der Waals surface area contributed by atoms with Gasteiger partial charge in [-0.15, -0.1) is 0 Å². The summed E-state index contributed by atoms with van der Waals surface area (Å²) in [5.74, 6) is 0.788. The number of likely N-dealkylation sites (tertiary alicyclic amines) is 1. The van der Waals surface area contributed by atoms with Crippen molar-refractivity contribution in [1.29, 1.82) is 0 Å². The number of hydrogen-bond acceptors (Lipinski definition) is 4. The summed E-state index contributed by atoms with van der Waals surface area (Å²) in [5, 5.41) is 3.54. The number of nitrogens with one attached hydrogen (secondary N) is 1. The summed E-state index contributed by atoms with van der Waals surface area (Å²) in [5.41, 5.74) is 6.78. The molecule has 0 unspecified atom stereocenters. The molecule has 154 valence electrons. The standard InChI is InChI=1S/C23H28FN3O2/c24-21-8-7-19(29-18-5-3-16(4-6-18)9-11-25)14-20(21)23(28)27-13-10-22-17(15-27)2-1-12-26-22/h3-8,14,17,22,26H,1-2,9-13,15,25H2/t17-,22+/m1/s1. The van der Waals surface area contributed by atoms with Gasteiger partial charge < -0.3 is 20.7 Å². The largest absolute Gasteiger partial charge is 0.457 e. The third-order valence-electron chi connectivity index (χ3n) is 5.94. The molecule has 1 amide bonds. The van der Waals surface area contributed by atoms with Crippen LogP contribution in [0.1, 0.15) is 35.2 Å². The van der Waals surface area contributed by atoms with E-state index in [1.807, 2.05) is 24.3 Å². The minimum absolute atomic E-state index is 0.0736. The lowest BCUT2D eigenvalue weighted by Crippen LogP contribution is -2.53. The molecule has 2 aromatic rings. The summed E-state index contributed by atoms with van der Waals surface area (Å²) < 4.78 is 20.3. The number of carbonyl (C=O) groups excluding carboxylic acids is 1. The number of benzene rings is 2. The Hall–Kier alpha value is -2.44. The first-order valence-corrected chi connectivity index (χ1v) is 10.4. The summed E-state index contributed by atoms with van der Waals surface area (Å²) in [6.07, 6.45) is 3.98. The maximum absolute atomic E-state index is 14.5. The monoisotopic (exact) mass is 397 g/mol. The normalized spacial score (nSPS) is 21.5. The van der Waals surface area contributed by atoms with Crippen LogP contribution in [-0.2, 0) is 6.42 Å². The number of ether oxygens (including phenoxy) is 1. The van der Waals surface area contributed by atoms with Gasteiger partial charge in [-0.05, 0) is 80.6 Å². The first-order chi connectivity index (χ1) is 14.1. The zero-order valence-corrected chi connectivity index (χ0v) is 16.6. The SMILES string of the molecule is NCCc1ccc(Oc2ccc(F)c(C(=O)N3CC[C@@H]4NCCC[C@@H]4C3)c2)cc1. The second-order valence-corrected chi connectivity index (χ2v) is 7.93. The average Bonchev–Trinajstić information content (AvgIpc) is 2.76. The summed E-state index contributed by atoms with van der Waals surface area (Å²) in [7, 11) is 0. The Labute approximate surface area is 171 Å². The predicted molar refractivity (Wildman–Crippen MR) is 111 cm³/mol. The van der Waals surface area contributed by atoms with Crippen molar-refractivity contribution in [3.8, 4) is 11.5 Å². The maximum atomic E-state index is 14.5. The lowest BCUT2D eigenvalue weighted by molar-refractivity contribution is 0.0588. The van der Waals surface area contributed by atoms with E-state index in [4.69, 9.17) is 10.5 Å². The molecule has 0 aliphatic carbocycles. The van der Waals surface area contributed by atoms with Crippen LogP contribution in [0.3, 0.4) is 0 Å². The summed E-state index contributed by atoms with van der Waals surface area (Å²) >= 11 is 0. The first-order valence-electron chi connectivity index (χ1n) is 10.4. The fourth-order valence-corrected chi connectivity index (χ4v) is 4.36. The Bertz CT molecular complexity index is 856. The van der Waals surface area contributed by atoms with Crippen LogP contribution in [0.2, 0.25) is 0 Å². The van der Waals surface area contributed by atoms with Gasteiger partial charge in [-0.3, -0.25) is 4.79 Å². The van der Waals surface area contributed by atoms with Crippen molar-refractivity contribution in [3.05, 3.63) is 59.4 Å². The number of piperidine rings is 2. The molecule has 2 aliphatic rings. The van der Waals surface area contributed by atoms with E-state index in [9.17, 15) is 9.18 Å². The molecule has 2 saturated heterocycles. The Balaban J connectivity index is 1.47. The van der Waals surface area contributed by atoms with Crippen molar-refractivity contribution in [2.45, 2.75) is 31.7 Å². The second-order valence-electron chi connectivity index (χ2n) is 7.93. The minimum atomic E-state index is -0.510. The van der Waals surface area contributed by atoms with Gasteiger partial charge in [0, 0.05) is 19.1 Å². The fraction of sp³-hybridized carbons (Fsp3) is 0.435. The van der Waals surface area contributed by atoms with Crippen LogP contribution in [0.4, 0.5) is 4.39 Å². The van der Waals surface area contributed by atoms with Gasteiger partial charge in [-0.1, -0.05) is 12.1 Å². The Morgan fingerprint density at radius 2 is 1.97 bits per heavy atom. The van der Waals surface area contributed by atoms with Gasteiger partial charge in [0.25, 0.3) is 5.91 Å². The van der Waals surface area contributed by atoms with E-state index in [1.54, 1.807) is 11.0 Å². The Morgan fingerprint density at radius 3 is 2.76 bits per heavy atom. The Kier molecular flexibility index (Phi) is 6.11. The molecule has 0 aromatic heterocycles. The molecule has 0 radical (unpaired) electrons. The third kappa shape index (κ3) is 4.60. The summed E-state index contributed by atoms with van der Waals surface area (Å²) in [6, 6.07) is 12.5. The van der Waals surface area contributed by atoms with Gasteiger partial charge in [-0.25, -0.2) is 4.39 Å². The van der Waals surface area contributed by atoms with Crippen LogP contribution in [-0.4, -0.2) is 43.0 Å². The smallest absolute Gasteiger partial charge is 0.256 e. The van der Waals surface area contributed by atoms with Crippen molar-refractivity contribution >= 4 is 5.91 Å². The molecule has 6 heteroatoms. The van der Waals surface area contributed by atoms with Crippen molar-refractivity contribution in [2.75, 3.05) is 26.2 Å². The van der Waals surface area contributed by atoms with Crippen LogP contribution in [0, 0.1) is 11.7 Å². The number of carbonyl (C=O) groups is 1. The van der Waals surface area contributed by atoms with Gasteiger partial charge in [0.1, 0.15) is 17.3 Å². The van der Waals surface area contributed by atoms with Gasteiger partial charge in [-0.2, -0.15) is 0 Å². The molecule has 2 atom stereocenters. The summed E-state index contributed by atoms with van der Waals surface area (Å²) in [4.78, 5) is 14.8. The van der Waals surface area contributed by atoms with Gasteiger partial charge in [0.15, 0.2) is 0 Å². The molecule has 4 rings (SSSR count). The fourth-order valence-electron chi connectivity index (χ4n) is 4.36. The van der Waals surface area contributed by atoms with Crippen LogP contribution in [0.15, 0.2) is 42.5 Å². The van der Waals surface area contributed by atoms with Crippen molar-refractivity contribution in [1.82, 2.24) is 10.2 Å². The molecule has 2 fully saturated rings. The highest BCUT2D eigenvalue weighted by atomic mass is 19.1. The zero-order valence-electron chi connectivity index (χ0n) is 16.6. The molecule has 3 N–H and O–H groups in total. The van der Waals surface area contributed by atoms with E-state index < -0.39 is 5.82 Å². The lowest BCUT2D eigenvalue weighted by atomic mass is 9.85. The van der Waals surface area contributed by atoms with E-state index in [0.717, 1.165) is 37.8 Å². The third-order valence-corrected chi connectivity index (χ3v) is 5.94. The first kappa shape index (κ1) is 19.9. The molecule has 5 nitrogen and oxygen atoms in total. The highest BCUT2D eigenvalue weighted by molar-refractivity contribution is 5.95. The minimum Gasteiger partial charge on any atom is -0.457 e. The van der Waals surface area contributed by atoms with Crippen LogP contribution < -0.4 is 15.8 Å². The maximum Gasteiger partial charge on any atom is 0.256 e. The average molecular weight is 397 g/mol. The van der Waals surface area contributed by atoms with Gasteiger partial charge >= 0.3 is 0 Å². The highest BCUT2D eigenvalue weighted by Crippen LogP contribution is 2.28. The molecule has 0 spiro atoms. The van der Waals surface area contributed by atoms with E-state index in [0.29, 0.717) is 43.1 Å². The number of halogens is 1. The summed E-state index contributed by atoms with van der Waals surface area (Å²) in [6.45, 7) is 2.98. The number of nitrogens with zero attached hydrogens (tertiary/aromatic N) is 1. The van der Waals surface area contributed by atoms with Crippen LogP contribution in [0.5, 0.6) is 11.5 Å². The molecule has 0 bridgehead atoms. The Morgan fingerprint density at radius 1 is 1.17 bits per heavy atom. The van der Waals surface area contributed by atoms with Crippen molar-refractivity contribution in [3.63, 3.8) is 0 Å². The van der Waals surface area contributed by atoms with Gasteiger partial charge in [0.2, 0.25) is 0 Å².